The number of carbonyl (C=O) groups is 1. The van der Waals surface area contributed by atoms with Gasteiger partial charge in [0.1, 0.15) is 0 Å². The highest BCUT2D eigenvalue weighted by Gasteiger charge is 2.06. The van der Waals surface area contributed by atoms with Gasteiger partial charge in [-0.05, 0) is 0 Å². The average Bonchev–Trinajstić information content (AvgIpc) is 1.84. The quantitative estimate of drug-likeness (QED) is 0.441. The minimum Gasteiger partial charge on any atom is -0.366 e. The van der Waals surface area contributed by atoms with Crippen LogP contribution >= 0.6 is 0 Å². The predicted molar refractivity (Wildman–Crippen MR) is 37.7 cm³/mol. The highest BCUT2D eigenvalue weighted by molar-refractivity contribution is 5.91. The van der Waals surface area contributed by atoms with Crippen LogP contribution in [0.15, 0.2) is 24.8 Å². The van der Waals surface area contributed by atoms with Crippen LogP contribution in [0.1, 0.15) is 6.92 Å². The van der Waals surface area contributed by atoms with Crippen molar-refractivity contribution in [1.82, 2.24) is 0 Å². The van der Waals surface area contributed by atoms with Gasteiger partial charge in [0.2, 0.25) is 5.91 Å². The number of hydrogen-bond acceptors (Lipinski definition) is 1. The van der Waals surface area contributed by atoms with Crippen molar-refractivity contribution in [1.29, 1.82) is 0 Å². The van der Waals surface area contributed by atoms with Gasteiger partial charge < -0.3 is 5.73 Å². The average molecular weight is 125 g/mol. The molecule has 0 aliphatic heterocycles. The molecule has 0 rings (SSSR count). The highest BCUT2D eigenvalue weighted by Crippen LogP contribution is 2.06. The molecule has 2 heteroatoms. The van der Waals surface area contributed by atoms with Crippen molar-refractivity contribution < 1.29 is 4.79 Å². The normalized spacial score (nSPS) is 12.1. The maximum absolute atomic E-state index is 10.4. The van der Waals surface area contributed by atoms with E-state index >= 15 is 0 Å². The first-order valence-electron chi connectivity index (χ1n) is 2.70. The van der Waals surface area contributed by atoms with Crippen LogP contribution < -0.4 is 5.73 Å². The molecule has 2 nitrogen and oxygen atoms in total. The summed E-state index contributed by atoms with van der Waals surface area (Å²) in [5.41, 5.74) is 5.33. The maximum Gasteiger partial charge on any atom is 0.244 e. The highest BCUT2D eigenvalue weighted by atomic mass is 16.1. The fraction of sp³-hybridized carbons (Fsp3) is 0.286. The van der Waals surface area contributed by atoms with E-state index in [1.807, 2.05) is 6.92 Å². The zero-order valence-corrected chi connectivity index (χ0v) is 5.55. The van der Waals surface area contributed by atoms with E-state index in [0.29, 0.717) is 5.57 Å². The van der Waals surface area contributed by atoms with E-state index < -0.39 is 5.91 Å². The van der Waals surface area contributed by atoms with Crippen LogP contribution in [-0.4, -0.2) is 5.91 Å². The van der Waals surface area contributed by atoms with Crippen LogP contribution in [0.25, 0.3) is 0 Å². The fourth-order valence-electron chi connectivity index (χ4n) is 0.367. The number of hydrogen-bond donors (Lipinski definition) is 1. The van der Waals surface area contributed by atoms with Gasteiger partial charge in [0.25, 0.3) is 0 Å². The molecule has 1 amide bonds. The maximum atomic E-state index is 10.4. The molecule has 1 unspecified atom stereocenters. The second-order valence-electron chi connectivity index (χ2n) is 1.91. The fourth-order valence-corrected chi connectivity index (χ4v) is 0.367. The molecule has 0 heterocycles. The molecule has 0 bridgehead atoms. The molecule has 50 valence electrons. The zero-order chi connectivity index (χ0) is 7.44. The van der Waals surface area contributed by atoms with Gasteiger partial charge in [0.15, 0.2) is 0 Å². The predicted octanol–water partition coefficient (Wildman–Crippen LogP) is 0.850. The van der Waals surface area contributed by atoms with Crippen molar-refractivity contribution in [3.63, 3.8) is 0 Å². The third-order valence-electron chi connectivity index (χ3n) is 1.22. The van der Waals surface area contributed by atoms with Crippen molar-refractivity contribution in [3.8, 4) is 0 Å². The zero-order valence-electron chi connectivity index (χ0n) is 5.55. The minimum atomic E-state index is -0.456. The largest absolute Gasteiger partial charge is 0.366 e. The molecule has 0 aromatic heterocycles. The first kappa shape index (κ1) is 7.95. The Morgan fingerprint density at radius 2 is 2.22 bits per heavy atom. The molecule has 0 saturated carbocycles. The Hall–Kier alpha value is -1.05. The Balaban J connectivity index is 4.03. The molecule has 0 aliphatic rings. The van der Waals surface area contributed by atoms with Gasteiger partial charge in [0, 0.05) is 11.5 Å². The van der Waals surface area contributed by atoms with Crippen molar-refractivity contribution >= 4 is 5.91 Å². The summed E-state index contributed by atoms with van der Waals surface area (Å²) in [5, 5.41) is 0. The standard InChI is InChI=1S/C7H11NO/c1-4-5(2)6(3)7(8)9/h4-5H,1,3H2,2H3,(H2,8,9). The van der Waals surface area contributed by atoms with E-state index in [9.17, 15) is 4.79 Å². The molecular weight excluding hydrogens is 114 g/mol. The lowest BCUT2D eigenvalue weighted by Gasteiger charge is -2.03. The number of allylic oxidation sites excluding steroid dienone is 1. The van der Waals surface area contributed by atoms with Crippen LogP contribution in [-0.2, 0) is 4.79 Å². The number of carbonyl (C=O) groups excluding carboxylic acids is 1. The summed E-state index contributed by atoms with van der Waals surface area (Å²) < 4.78 is 0. The SMILES string of the molecule is C=CC(C)C(=C)C(N)=O. The van der Waals surface area contributed by atoms with E-state index in [0.717, 1.165) is 0 Å². The van der Waals surface area contributed by atoms with Gasteiger partial charge in [0.05, 0.1) is 0 Å². The van der Waals surface area contributed by atoms with Crippen LogP contribution in [0.2, 0.25) is 0 Å². The summed E-state index contributed by atoms with van der Waals surface area (Å²) in [6, 6.07) is 0. The van der Waals surface area contributed by atoms with Crippen LogP contribution in [0.3, 0.4) is 0 Å². The lowest BCUT2D eigenvalue weighted by molar-refractivity contribution is -0.114. The molecule has 0 aromatic carbocycles. The number of primary amides is 1. The second-order valence-corrected chi connectivity index (χ2v) is 1.91. The number of nitrogens with two attached hydrogens (primary N) is 1. The number of amides is 1. The van der Waals surface area contributed by atoms with Crippen molar-refractivity contribution in [2.75, 3.05) is 0 Å². The topological polar surface area (TPSA) is 43.1 Å². The Bertz CT molecular complexity index is 149. The van der Waals surface area contributed by atoms with Crippen molar-refractivity contribution in [2.24, 2.45) is 11.7 Å². The van der Waals surface area contributed by atoms with Crippen molar-refractivity contribution in [3.05, 3.63) is 24.8 Å². The molecule has 0 radical (unpaired) electrons. The van der Waals surface area contributed by atoms with E-state index in [2.05, 4.69) is 13.2 Å². The van der Waals surface area contributed by atoms with Crippen LogP contribution in [0.5, 0.6) is 0 Å². The first-order valence-corrected chi connectivity index (χ1v) is 2.70. The molecule has 0 fully saturated rings. The third kappa shape index (κ3) is 2.13. The van der Waals surface area contributed by atoms with Gasteiger partial charge in [-0.3, -0.25) is 4.79 Å². The summed E-state index contributed by atoms with van der Waals surface area (Å²) >= 11 is 0. The summed E-state index contributed by atoms with van der Waals surface area (Å²) in [4.78, 5) is 10.4. The number of rotatable bonds is 3. The van der Waals surface area contributed by atoms with Gasteiger partial charge in [-0.1, -0.05) is 19.6 Å². The van der Waals surface area contributed by atoms with Gasteiger partial charge in [-0.2, -0.15) is 0 Å². The molecule has 0 aromatic rings. The Morgan fingerprint density at radius 3 is 2.33 bits per heavy atom. The molecule has 2 N–H and O–H groups in total. The molecular formula is C7H11NO. The molecule has 0 spiro atoms. The monoisotopic (exact) mass is 125 g/mol. The summed E-state index contributed by atoms with van der Waals surface area (Å²) in [6.07, 6.45) is 1.63. The molecule has 0 aliphatic carbocycles. The second kappa shape index (κ2) is 3.07. The van der Waals surface area contributed by atoms with E-state index in [4.69, 9.17) is 5.73 Å². The van der Waals surface area contributed by atoms with Gasteiger partial charge >= 0.3 is 0 Å². The van der Waals surface area contributed by atoms with Gasteiger partial charge in [-0.15, -0.1) is 6.58 Å². The van der Waals surface area contributed by atoms with E-state index in [1.165, 1.54) is 0 Å². The molecule has 1 atom stereocenters. The first-order chi connectivity index (χ1) is 4.09. The van der Waals surface area contributed by atoms with Gasteiger partial charge in [-0.25, -0.2) is 0 Å². The Labute approximate surface area is 55.1 Å². The third-order valence-corrected chi connectivity index (χ3v) is 1.22. The lowest BCUT2D eigenvalue weighted by atomic mass is 10.0. The van der Waals surface area contributed by atoms with Crippen LogP contribution in [0.4, 0.5) is 0 Å². The summed E-state index contributed by atoms with van der Waals surface area (Å²) in [7, 11) is 0. The minimum absolute atomic E-state index is 0.0116. The van der Waals surface area contributed by atoms with E-state index in [-0.39, 0.29) is 5.92 Å². The van der Waals surface area contributed by atoms with Crippen LogP contribution in [0, 0.1) is 5.92 Å². The molecule has 9 heavy (non-hydrogen) atoms. The Kier molecular flexibility index (Phi) is 2.71. The lowest BCUT2D eigenvalue weighted by Crippen LogP contribution is -2.16. The smallest absolute Gasteiger partial charge is 0.244 e. The van der Waals surface area contributed by atoms with Crippen molar-refractivity contribution in [2.45, 2.75) is 6.92 Å². The molecule has 0 saturated heterocycles. The summed E-state index contributed by atoms with van der Waals surface area (Å²) in [5.74, 6) is -0.468. The summed E-state index contributed by atoms with van der Waals surface area (Å²) in [6.45, 7) is 8.79. The Morgan fingerprint density at radius 1 is 1.78 bits per heavy atom. The van der Waals surface area contributed by atoms with E-state index in [1.54, 1.807) is 6.08 Å².